The van der Waals surface area contributed by atoms with Crippen LogP contribution in [0.3, 0.4) is 0 Å². The van der Waals surface area contributed by atoms with E-state index in [1.807, 2.05) is 36.4 Å². The number of methoxy groups -OCH3 is 4. The van der Waals surface area contributed by atoms with Crippen molar-refractivity contribution in [1.29, 1.82) is 0 Å². The molecule has 46 heavy (non-hydrogen) atoms. The summed E-state index contributed by atoms with van der Waals surface area (Å²) >= 11 is 0. The maximum Gasteiger partial charge on any atom is 0.217 e. The van der Waals surface area contributed by atoms with Crippen LogP contribution in [0.1, 0.15) is 41.5 Å². The van der Waals surface area contributed by atoms with Gasteiger partial charge in [-0.2, -0.15) is 0 Å². The van der Waals surface area contributed by atoms with E-state index in [1.54, 1.807) is 28.4 Å². The molecule has 1 saturated heterocycles. The minimum atomic E-state index is -1.19. The van der Waals surface area contributed by atoms with Gasteiger partial charge in [0.25, 0.3) is 0 Å². The molecule has 4 aromatic carbocycles. The summed E-state index contributed by atoms with van der Waals surface area (Å²) in [5.41, 5.74) is 10.4. The van der Waals surface area contributed by atoms with Gasteiger partial charge in [0, 0.05) is 12.1 Å². The van der Waals surface area contributed by atoms with Crippen molar-refractivity contribution in [3.8, 4) is 23.0 Å². The van der Waals surface area contributed by atoms with Crippen molar-refractivity contribution in [1.82, 2.24) is 10.9 Å². The van der Waals surface area contributed by atoms with E-state index in [2.05, 4.69) is 71.5 Å². The third-order valence-electron chi connectivity index (χ3n) is 10.3. The molecule has 0 spiro atoms. The molecule has 1 heterocycles. The molecule has 3 fully saturated rings. The summed E-state index contributed by atoms with van der Waals surface area (Å²) < 4.78 is 37.3. The highest BCUT2D eigenvalue weighted by Gasteiger charge is 2.84. The van der Waals surface area contributed by atoms with Crippen molar-refractivity contribution in [3.63, 3.8) is 0 Å². The molecule has 3 aliphatic rings. The Morgan fingerprint density at radius 3 is 1.26 bits per heavy atom. The normalized spacial score (nSPS) is 25.7. The van der Waals surface area contributed by atoms with E-state index in [9.17, 15) is 0 Å². The Bertz CT molecular complexity index is 1500. The van der Waals surface area contributed by atoms with Crippen LogP contribution in [0.5, 0.6) is 23.0 Å². The lowest BCUT2D eigenvalue weighted by molar-refractivity contribution is -0.300. The highest BCUT2D eigenvalue weighted by molar-refractivity contribution is 5.47. The van der Waals surface area contributed by atoms with E-state index < -0.39 is 16.9 Å². The first-order valence-electron chi connectivity index (χ1n) is 15.9. The van der Waals surface area contributed by atoms with Gasteiger partial charge in [-0.15, -0.1) is 0 Å². The molecule has 0 amide bonds. The van der Waals surface area contributed by atoms with Crippen LogP contribution in [0.15, 0.2) is 97.1 Å². The maximum atomic E-state index is 7.43. The summed E-state index contributed by atoms with van der Waals surface area (Å²) in [7, 11) is 6.64. The van der Waals surface area contributed by atoms with Gasteiger partial charge in [-0.3, -0.25) is 0 Å². The van der Waals surface area contributed by atoms with Crippen LogP contribution in [0.2, 0.25) is 0 Å². The molecule has 2 aliphatic carbocycles. The first-order valence-corrected chi connectivity index (χ1v) is 15.9. The van der Waals surface area contributed by atoms with Crippen LogP contribution in [0, 0.1) is 11.8 Å². The first kappa shape index (κ1) is 30.6. The molecule has 0 radical (unpaired) electrons. The van der Waals surface area contributed by atoms with Gasteiger partial charge < -0.3 is 28.4 Å². The highest BCUT2D eigenvalue weighted by atomic mass is 16.7. The van der Waals surface area contributed by atoms with Crippen molar-refractivity contribution in [2.24, 2.45) is 11.8 Å². The van der Waals surface area contributed by atoms with Crippen LogP contribution in [0.4, 0.5) is 0 Å². The van der Waals surface area contributed by atoms with Crippen LogP contribution in [-0.4, -0.2) is 34.2 Å². The fourth-order valence-electron chi connectivity index (χ4n) is 8.46. The zero-order valence-corrected chi connectivity index (χ0v) is 26.9. The SMILES string of the molecule is COc1cc(COC2(OCc3cc(OC)cc(OC)c3)C3(c4ccccc4)NNC2(c2ccccc2)C2CCCC23)cc(OC)c1. The number of ether oxygens (including phenoxy) is 6. The van der Waals surface area contributed by atoms with Crippen LogP contribution >= 0.6 is 0 Å². The second kappa shape index (κ2) is 12.3. The number of rotatable bonds is 12. The second-order valence-electron chi connectivity index (χ2n) is 12.4. The standard InChI is InChI=1S/C38H42N2O6/c1-41-30-18-26(19-31(22-30)42-2)24-45-38(46-25-27-20-32(43-3)23-33(21-27)44-4)36(28-12-7-5-8-13-28)34-16-11-17-35(34)37(38,40-39-36)29-14-9-6-10-15-29/h5-10,12-15,18-23,34-35,39-40H,11,16-17,24-25H2,1-4H3. The van der Waals surface area contributed by atoms with Crippen molar-refractivity contribution < 1.29 is 28.4 Å². The largest absolute Gasteiger partial charge is 0.497 e. The van der Waals surface area contributed by atoms with Crippen LogP contribution in [0.25, 0.3) is 0 Å². The Labute approximate surface area is 270 Å². The molecular formula is C38H42N2O6. The zero-order chi connectivity index (χ0) is 31.8. The lowest BCUT2D eigenvalue weighted by Crippen LogP contribution is -2.61. The van der Waals surface area contributed by atoms with E-state index >= 15 is 0 Å². The van der Waals surface area contributed by atoms with Gasteiger partial charge in [-0.25, -0.2) is 10.9 Å². The quantitative estimate of drug-likeness (QED) is 0.174. The van der Waals surface area contributed by atoms with Crippen LogP contribution < -0.4 is 29.8 Å². The smallest absolute Gasteiger partial charge is 0.217 e. The number of hydrazine groups is 1. The molecule has 240 valence electrons. The molecule has 1 aliphatic heterocycles. The predicted octanol–water partition coefficient (Wildman–Crippen LogP) is 6.48. The lowest BCUT2D eigenvalue weighted by Gasteiger charge is -2.47. The minimum Gasteiger partial charge on any atom is -0.497 e. The second-order valence-corrected chi connectivity index (χ2v) is 12.4. The molecule has 0 aromatic heterocycles. The molecule has 2 saturated carbocycles. The maximum absolute atomic E-state index is 7.43. The molecular weight excluding hydrogens is 580 g/mol. The molecule has 4 atom stereocenters. The molecule has 7 rings (SSSR count). The number of hydrogen-bond donors (Lipinski definition) is 2. The highest BCUT2D eigenvalue weighted by Crippen LogP contribution is 2.71. The monoisotopic (exact) mass is 622 g/mol. The summed E-state index contributed by atoms with van der Waals surface area (Å²) in [6.07, 6.45) is 3.24. The predicted molar refractivity (Wildman–Crippen MR) is 175 cm³/mol. The molecule has 8 nitrogen and oxygen atoms in total. The number of nitrogens with one attached hydrogen (secondary N) is 2. The van der Waals surface area contributed by atoms with Gasteiger partial charge in [-0.05, 0) is 71.2 Å². The Morgan fingerprint density at radius 2 is 0.913 bits per heavy atom. The van der Waals surface area contributed by atoms with E-state index in [1.165, 1.54) is 0 Å². The molecule has 2 N–H and O–H groups in total. The van der Waals surface area contributed by atoms with Gasteiger partial charge in [0.05, 0.1) is 41.7 Å². The van der Waals surface area contributed by atoms with Gasteiger partial charge in [0.15, 0.2) is 0 Å². The topological polar surface area (TPSA) is 79.4 Å². The summed E-state index contributed by atoms with van der Waals surface area (Å²) in [5, 5.41) is 0. The average molecular weight is 623 g/mol. The third-order valence-corrected chi connectivity index (χ3v) is 10.3. The molecule has 4 unspecified atom stereocenters. The summed E-state index contributed by atoms with van der Waals surface area (Å²) in [4.78, 5) is 0. The summed E-state index contributed by atoms with van der Waals surface area (Å²) in [6, 6.07) is 33.0. The van der Waals surface area contributed by atoms with Gasteiger partial charge in [0.2, 0.25) is 5.79 Å². The van der Waals surface area contributed by atoms with Crippen molar-refractivity contribution in [2.75, 3.05) is 28.4 Å². The molecule has 8 heteroatoms. The Hall–Kier alpha value is -4.08. The molecule has 4 aromatic rings. The Morgan fingerprint density at radius 1 is 0.543 bits per heavy atom. The third kappa shape index (κ3) is 4.58. The minimum absolute atomic E-state index is 0.246. The Kier molecular flexibility index (Phi) is 8.15. The number of hydrogen-bond acceptors (Lipinski definition) is 8. The van der Waals surface area contributed by atoms with Gasteiger partial charge >= 0.3 is 0 Å². The van der Waals surface area contributed by atoms with Crippen molar-refractivity contribution in [3.05, 3.63) is 119 Å². The van der Waals surface area contributed by atoms with E-state index in [0.717, 1.165) is 41.5 Å². The van der Waals surface area contributed by atoms with E-state index in [-0.39, 0.29) is 25.0 Å². The summed E-state index contributed by atoms with van der Waals surface area (Å²) in [5.74, 6) is 2.12. The van der Waals surface area contributed by atoms with Crippen LogP contribution in [-0.2, 0) is 33.8 Å². The summed E-state index contributed by atoms with van der Waals surface area (Å²) in [6.45, 7) is 0.530. The van der Waals surface area contributed by atoms with E-state index in [4.69, 9.17) is 28.4 Å². The average Bonchev–Trinajstić information content (AvgIpc) is 3.78. The molecule has 2 bridgehead atoms. The lowest BCUT2D eigenvalue weighted by atomic mass is 9.74. The van der Waals surface area contributed by atoms with Gasteiger partial charge in [0.1, 0.15) is 34.1 Å². The Balaban J connectivity index is 1.43. The fourth-order valence-corrected chi connectivity index (χ4v) is 8.46. The zero-order valence-electron chi connectivity index (χ0n) is 26.9. The fraction of sp³-hybridized carbons (Fsp3) is 0.368. The number of benzene rings is 4. The van der Waals surface area contributed by atoms with E-state index in [0.29, 0.717) is 23.0 Å². The van der Waals surface area contributed by atoms with Crippen molar-refractivity contribution >= 4 is 0 Å². The van der Waals surface area contributed by atoms with Gasteiger partial charge in [-0.1, -0.05) is 67.1 Å². The first-order chi connectivity index (χ1) is 22.5. The van der Waals surface area contributed by atoms with Crippen molar-refractivity contribution in [2.45, 2.75) is 49.3 Å². The number of fused-ring (bicyclic) bond motifs is 5.